The molecule has 2 aliphatic heterocycles. The fourth-order valence-electron chi connectivity index (χ4n) is 3.73. The molecule has 142 valence electrons. The SMILES string of the molecule is C=CCNC(=O)CN1CCN(C(=O)[C@H]2CNC[C@@H]2c2cnn(C)c2)CC1. The van der Waals surface area contributed by atoms with E-state index in [0.717, 1.165) is 25.2 Å². The molecule has 0 unspecified atom stereocenters. The number of piperazine rings is 1. The highest BCUT2D eigenvalue weighted by atomic mass is 16.2. The van der Waals surface area contributed by atoms with Gasteiger partial charge in [0, 0.05) is 65.0 Å². The van der Waals surface area contributed by atoms with Crippen LogP contribution >= 0.6 is 0 Å². The standard InChI is InChI=1S/C18H28N6O2/c1-3-4-20-17(25)13-23-5-7-24(8-6-23)18(26)16-11-19-10-15(16)14-9-21-22(2)12-14/h3,9,12,15-16,19H,1,4-8,10-11,13H2,2H3,(H,20,25)/t15-,16+/m1/s1. The Kier molecular flexibility index (Phi) is 6.05. The van der Waals surface area contributed by atoms with E-state index in [2.05, 4.69) is 27.2 Å². The average molecular weight is 360 g/mol. The van der Waals surface area contributed by atoms with E-state index in [1.807, 2.05) is 24.3 Å². The molecule has 2 aliphatic rings. The molecule has 2 saturated heterocycles. The van der Waals surface area contributed by atoms with Crippen LogP contribution in [0.1, 0.15) is 11.5 Å². The summed E-state index contributed by atoms with van der Waals surface area (Å²) in [5.41, 5.74) is 1.12. The van der Waals surface area contributed by atoms with E-state index in [0.29, 0.717) is 32.7 Å². The second-order valence-corrected chi connectivity index (χ2v) is 7.01. The Morgan fingerprint density at radius 3 is 2.77 bits per heavy atom. The van der Waals surface area contributed by atoms with Crippen LogP contribution in [0.4, 0.5) is 0 Å². The Hall–Kier alpha value is -2.19. The fourth-order valence-corrected chi connectivity index (χ4v) is 3.73. The van der Waals surface area contributed by atoms with Crippen molar-refractivity contribution in [2.45, 2.75) is 5.92 Å². The third-order valence-corrected chi connectivity index (χ3v) is 5.18. The lowest BCUT2D eigenvalue weighted by atomic mass is 9.89. The normalized spacial score (nSPS) is 23.8. The number of nitrogens with zero attached hydrogens (tertiary/aromatic N) is 4. The third-order valence-electron chi connectivity index (χ3n) is 5.18. The van der Waals surface area contributed by atoms with Crippen molar-refractivity contribution < 1.29 is 9.59 Å². The minimum Gasteiger partial charge on any atom is -0.352 e. The van der Waals surface area contributed by atoms with Crippen LogP contribution in [0.3, 0.4) is 0 Å². The van der Waals surface area contributed by atoms with Gasteiger partial charge in [-0.25, -0.2) is 0 Å². The number of aryl methyl sites for hydroxylation is 1. The number of aromatic nitrogens is 2. The molecule has 2 fully saturated rings. The molecule has 0 radical (unpaired) electrons. The lowest BCUT2D eigenvalue weighted by Crippen LogP contribution is -2.52. The summed E-state index contributed by atoms with van der Waals surface area (Å²) < 4.78 is 1.78. The van der Waals surface area contributed by atoms with Crippen LogP contribution < -0.4 is 10.6 Å². The summed E-state index contributed by atoms with van der Waals surface area (Å²) in [5.74, 6) is 0.349. The fraction of sp³-hybridized carbons (Fsp3) is 0.611. The van der Waals surface area contributed by atoms with Crippen molar-refractivity contribution in [2.75, 3.05) is 52.4 Å². The van der Waals surface area contributed by atoms with Crippen molar-refractivity contribution in [1.29, 1.82) is 0 Å². The zero-order valence-corrected chi connectivity index (χ0v) is 15.4. The maximum atomic E-state index is 13.0. The number of hydrogen-bond donors (Lipinski definition) is 2. The first-order chi connectivity index (χ1) is 12.6. The molecule has 3 rings (SSSR count). The van der Waals surface area contributed by atoms with Crippen LogP contribution in [0.2, 0.25) is 0 Å². The Balaban J connectivity index is 1.51. The minimum atomic E-state index is -0.0401. The number of amides is 2. The second kappa shape index (κ2) is 8.46. The predicted octanol–water partition coefficient (Wildman–Crippen LogP) is -0.830. The molecule has 0 aromatic carbocycles. The summed E-state index contributed by atoms with van der Waals surface area (Å²) in [6.07, 6.45) is 5.53. The van der Waals surface area contributed by atoms with Gasteiger partial charge in [0.1, 0.15) is 0 Å². The van der Waals surface area contributed by atoms with Crippen molar-refractivity contribution in [3.05, 3.63) is 30.6 Å². The molecule has 0 bridgehead atoms. The molecule has 26 heavy (non-hydrogen) atoms. The zero-order valence-electron chi connectivity index (χ0n) is 15.4. The van der Waals surface area contributed by atoms with E-state index in [4.69, 9.17) is 0 Å². The molecule has 2 atom stereocenters. The first kappa shape index (κ1) is 18.6. The first-order valence-electron chi connectivity index (χ1n) is 9.16. The van der Waals surface area contributed by atoms with E-state index in [1.165, 1.54) is 0 Å². The second-order valence-electron chi connectivity index (χ2n) is 7.01. The summed E-state index contributed by atoms with van der Waals surface area (Å²) in [4.78, 5) is 28.8. The maximum absolute atomic E-state index is 13.0. The van der Waals surface area contributed by atoms with Gasteiger partial charge in [-0.3, -0.25) is 19.2 Å². The van der Waals surface area contributed by atoms with Crippen LogP contribution in [0.25, 0.3) is 0 Å². The number of hydrogen-bond acceptors (Lipinski definition) is 5. The van der Waals surface area contributed by atoms with Crippen LogP contribution in [-0.2, 0) is 16.6 Å². The van der Waals surface area contributed by atoms with Crippen molar-refractivity contribution in [1.82, 2.24) is 30.2 Å². The summed E-state index contributed by atoms with van der Waals surface area (Å²) in [7, 11) is 1.90. The molecule has 3 heterocycles. The monoisotopic (exact) mass is 360 g/mol. The zero-order chi connectivity index (χ0) is 18.5. The quantitative estimate of drug-likeness (QED) is 0.647. The molecule has 8 nitrogen and oxygen atoms in total. The van der Waals surface area contributed by atoms with Gasteiger partial charge in [0.25, 0.3) is 0 Å². The maximum Gasteiger partial charge on any atom is 0.234 e. The molecule has 0 spiro atoms. The Morgan fingerprint density at radius 1 is 1.35 bits per heavy atom. The van der Waals surface area contributed by atoms with Gasteiger partial charge in [0.05, 0.1) is 18.7 Å². The topological polar surface area (TPSA) is 82.5 Å². The van der Waals surface area contributed by atoms with Crippen LogP contribution in [0.5, 0.6) is 0 Å². The smallest absolute Gasteiger partial charge is 0.234 e. The average Bonchev–Trinajstić information content (AvgIpc) is 3.28. The summed E-state index contributed by atoms with van der Waals surface area (Å²) in [5, 5.41) is 10.4. The molecule has 1 aromatic heterocycles. The van der Waals surface area contributed by atoms with E-state index >= 15 is 0 Å². The highest BCUT2D eigenvalue weighted by Gasteiger charge is 2.37. The lowest BCUT2D eigenvalue weighted by Gasteiger charge is -2.36. The van der Waals surface area contributed by atoms with Gasteiger partial charge in [0.2, 0.25) is 11.8 Å². The number of carbonyl (C=O) groups is 2. The highest BCUT2D eigenvalue weighted by Crippen LogP contribution is 2.29. The van der Waals surface area contributed by atoms with Gasteiger partial charge >= 0.3 is 0 Å². The molecule has 8 heteroatoms. The van der Waals surface area contributed by atoms with E-state index in [1.54, 1.807) is 10.8 Å². The van der Waals surface area contributed by atoms with Crippen molar-refractivity contribution >= 4 is 11.8 Å². The molecule has 1 aromatic rings. The Bertz CT molecular complexity index is 650. The predicted molar refractivity (Wildman–Crippen MR) is 98.5 cm³/mol. The van der Waals surface area contributed by atoms with Gasteiger partial charge < -0.3 is 15.5 Å². The molecule has 2 N–H and O–H groups in total. The molecular formula is C18H28N6O2. The summed E-state index contributed by atoms with van der Waals surface area (Å²) in [6.45, 7) is 8.77. The van der Waals surface area contributed by atoms with Gasteiger partial charge in [-0.15, -0.1) is 6.58 Å². The number of carbonyl (C=O) groups excluding carboxylic acids is 2. The van der Waals surface area contributed by atoms with Gasteiger partial charge in [0.15, 0.2) is 0 Å². The summed E-state index contributed by atoms with van der Waals surface area (Å²) >= 11 is 0. The molecule has 0 aliphatic carbocycles. The molecule has 0 saturated carbocycles. The largest absolute Gasteiger partial charge is 0.352 e. The number of nitrogens with one attached hydrogen (secondary N) is 2. The molecular weight excluding hydrogens is 332 g/mol. The lowest BCUT2D eigenvalue weighted by molar-refractivity contribution is -0.137. The highest BCUT2D eigenvalue weighted by molar-refractivity contribution is 5.81. The van der Waals surface area contributed by atoms with Crippen molar-refractivity contribution in [3.8, 4) is 0 Å². The van der Waals surface area contributed by atoms with Crippen LogP contribution in [0, 0.1) is 5.92 Å². The first-order valence-corrected chi connectivity index (χ1v) is 9.16. The van der Waals surface area contributed by atoms with Crippen LogP contribution in [0.15, 0.2) is 25.0 Å². The van der Waals surface area contributed by atoms with Crippen molar-refractivity contribution in [2.24, 2.45) is 13.0 Å². The van der Waals surface area contributed by atoms with E-state index in [9.17, 15) is 9.59 Å². The summed E-state index contributed by atoms with van der Waals surface area (Å²) in [6, 6.07) is 0. The van der Waals surface area contributed by atoms with Crippen molar-refractivity contribution in [3.63, 3.8) is 0 Å². The Morgan fingerprint density at radius 2 is 2.12 bits per heavy atom. The molecule has 2 amide bonds. The van der Waals surface area contributed by atoms with Gasteiger partial charge in [-0.2, -0.15) is 5.10 Å². The van der Waals surface area contributed by atoms with E-state index in [-0.39, 0.29) is 23.7 Å². The minimum absolute atomic E-state index is 0.00121. The van der Waals surface area contributed by atoms with E-state index < -0.39 is 0 Å². The van der Waals surface area contributed by atoms with Gasteiger partial charge in [-0.05, 0) is 5.56 Å². The third kappa shape index (κ3) is 4.31. The Labute approximate surface area is 154 Å². The van der Waals surface area contributed by atoms with Crippen LogP contribution in [-0.4, -0.2) is 83.8 Å². The van der Waals surface area contributed by atoms with Gasteiger partial charge in [-0.1, -0.05) is 6.08 Å². The number of rotatable bonds is 6.